The van der Waals surface area contributed by atoms with Crippen molar-refractivity contribution in [3.05, 3.63) is 29.6 Å². The minimum Gasteiger partial charge on any atom is -0.389 e. The summed E-state index contributed by atoms with van der Waals surface area (Å²) >= 11 is 0. The van der Waals surface area contributed by atoms with Gasteiger partial charge in [-0.25, -0.2) is 9.97 Å². The summed E-state index contributed by atoms with van der Waals surface area (Å²) in [4.78, 5) is 17.7. The normalized spacial score (nSPS) is 13.3. The van der Waals surface area contributed by atoms with Crippen molar-refractivity contribution in [2.75, 3.05) is 12.3 Å². The Morgan fingerprint density at radius 2 is 2.00 bits per heavy atom. The summed E-state index contributed by atoms with van der Waals surface area (Å²) in [5.41, 5.74) is 3.64. The van der Waals surface area contributed by atoms with Crippen LogP contribution in [0.5, 0.6) is 0 Å². The molecular weight excluding hydrogens is 429 g/mol. The zero-order chi connectivity index (χ0) is 23.0. The molecule has 1 unspecified atom stereocenters. The number of anilines is 1. The number of nitrogen functional groups attached to an aromatic ring is 1. The molecule has 0 spiro atoms. The van der Waals surface area contributed by atoms with E-state index in [1.165, 1.54) is 0 Å². The second kappa shape index (κ2) is 8.70. The molecule has 0 amide bonds. The van der Waals surface area contributed by atoms with Crippen molar-refractivity contribution >= 4 is 35.8 Å². The summed E-state index contributed by atoms with van der Waals surface area (Å²) in [5.74, 6) is 0.770. The van der Waals surface area contributed by atoms with Crippen LogP contribution in [0.4, 0.5) is 14.6 Å². The first-order valence-electron chi connectivity index (χ1n) is 9.84. The molecular formula is C20H26F2N4O4P+. The summed E-state index contributed by atoms with van der Waals surface area (Å²) in [6, 6.07) is 5.04. The lowest BCUT2D eigenvalue weighted by molar-refractivity contribution is 0.0582. The summed E-state index contributed by atoms with van der Waals surface area (Å²) in [5, 5.41) is 11.1. The van der Waals surface area contributed by atoms with E-state index in [1.807, 2.05) is 11.5 Å². The van der Waals surface area contributed by atoms with Crippen molar-refractivity contribution < 1.29 is 28.1 Å². The summed E-state index contributed by atoms with van der Waals surface area (Å²) in [6.45, 7) is 6.19. The van der Waals surface area contributed by atoms with Gasteiger partial charge >= 0.3 is 13.7 Å². The van der Waals surface area contributed by atoms with Gasteiger partial charge in [-0.05, 0) is 43.4 Å². The first kappa shape index (κ1) is 23.4. The van der Waals surface area contributed by atoms with Crippen LogP contribution in [-0.2, 0) is 28.9 Å². The number of rotatable bonds is 9. The van der Waals surface area contributed by atoms with Gasteiger partial charge in [-0.15, -0.1) is 0 Å². The largest absolute Gasteiger partial charge is 0.583 e. The molecule has 0 aliphatic heterocycles. The number of alkyl halides is 2. The average Bonchev–Trinajstić information content (AvgIpc) is 3.02. The van der Waals surface area contributed by atoms with Crippen molar-refractivity contribution in [1.29, 1.82) is 0 Å². The minimum absolute atomic E-state index is 0.0945. The van der Waals surface area contributed by atoms with Crippen LogP contribution < -0.4 is 5.73 Å². The third-order valence-electron chi connectivity index (χ3n) is 4.82. The van der Waals surface area contributed by atoms with Crippen LogP contribution in [0.25, 0.3) is 21.9 Å². The highest BCUT2D eigenvalue weighted by Crippen LogP contribution is 2.42. The summed E-state index contributed by atoms with van der Waals surface area (Å²) in [6.07, 6.45) is -0.847. The molecule has 168 valence electrons. The molecule has 2 aromatic heterocycles. The highest BCUT2D eigenvalue weighted by Gasteiger charge is 2.50. The number of hydrogen-bond acceptors (Lipinski definition) is 6. The number of imidazole rings is 1. The van der Waals surface area contributed by atoms with Crippen molar-refractivity contribution in [2.45, 2.75) is 58.0 Å². The standard InChI is InChI=1S/C20H25F2N4O4P/c1-4-30-10-15-25-16-17(26(15)11-19(2,3)27)13-6-5-12(9-14(13)24-18(16)23)7-8-20(21,22)31(28)29/h5-6,9,27H,4,7-8,10-11H2,1-3H3,(H2-,23,24,28,29)/p+1. The maximum Gasteiger partial charge on any atom is 0.583 e. The number of fused-ring (bicyclic) bond motifs is 3. The number of benzene rings is 1. The Balaban J connectivity index is 2.11. The third kappa shape index (κ3) is 5.15. The van der Waals surface area contributed by atoms with Gasteiger partial charge in [0.05, 0.1) is 29.6 Å². The maximum atomic E-state index is 13.5. The molecule has 8 nitrogen and oxygen atoms in total. The Morgan fingerprint density at radius 1 is 1.29 bits per heavy atom. The van der Waals surface area contributed by atoms with Crippen molar-refractivity contribution in [3.63, 3.8) is 0 Å². The molecule has 0 saturated carbocycles. The lowest BCUT2D eigenvalue weighted by Gasteiger charge is -2.20. The quantitative estimate of drug-likeness (QED) is 0.420. The van der Waals surface area contributed by atoms with Gasteiger partial charge in [-0.3, -0.25) is 0 Å². The predicted octanol–water partition coefficient (Wildman–Crippen LogP) is 3.73. The van der Waals surface area contributed by atoms with Gasteiger partial charge in [0.15, 0.2) is 5.82 Å². The molecule has 0 saturated heterocycles. The van der Waals surface area contributed by atoms with Gasteiger partial charge in [0.2, 0.25) is 0 Å². The molecule has 11 heteroatoms. The van der Waals surface area contributed by atoms with Crippen LogP contribution in [0.2, 0.25) is 0 Å². The second-order valence-electron chi connectivity index (χ2n) is 8.05. The molecule has 0 aliphatic carbocycles. The Labute approximate surface area is 178 Å². The Bertz CT molecular complexity index is 1130. The van der Waals surface area contributed by atoms with Crippen LogP contribution in [0, 0.1) is 0 Å². The number of aryl methyl sites for hydroxylation is 1. The number of hydrogen-bond donors (Lipinski definition) is 3. The average molecular weight is 455 g/mol. The number of nitrogens with zero attached hydrogens (tertiary/aromatic N) is 3. The Morgan fingerprint density at radius 3 is 2.61 bits per heavy atom. The Kier molecular flexibility index (Phi) is 6.57. The van der Waals surface area contributed by atoms with E-state index in [0.29, 0.717) is 39.9 Å². The van der Waals surface area contributed by atoms with E-state index in [2.05, 4.69) is 9.97 Å². The number of aliphatic hydroxyl groups is 1. The highest BCUT2D eigenvalue weighted by atomic mass is 31.1. The SMILES string of the molecule is CCOCc1nc2c(N)nc3cc(CCC(F)(F)[P+](=O)O)ccc3c2n1CC(C)(C)O. The fraction of sp³-hybridized carbons (Fsp3) is 0.500. The predicted molar refractivity (Wildman–Crippen MR) is 114 cm³/mol. The Hall–Kier alpha value is -2.26. The number of nitrogens with two attached hydrogens (primary N) is 1. The van der Waals surface area contributed by atoms with E-state index in [-0.39, 0.29) is 25.4 Å². The molecule has 0 radical (unpaired) electrons. The minimum atomic E-state index is -3.65. The first-order valence-corrected chi connectivity index (χ1v) is 11.1. The van der Waals surface area contributed by atoms with E-state index in [4.69, 9.17) is 15.4 Å². The lowest BCUT2D eigenvalue weighted by Crippen LogP contribution is -2.27. The lowest BCUT2D eigenvalue weighted by atomic mass is 10.1. The van der Waals surface area contributed by atoms with Gasteiger partial charge in [0.25, 0.3) is 0 Å². The number of halogens is 2. The molecule has 0 fully saturated rings. The van der Waals surface area contributed by atoms with Gasteiger partial charge < -0.3 is 20.1 Å². The zero-order valence-electron chi connectivity index (χ0n) is 17.6. The third-order valence-corrected chi connectivity index (χ3v) is 5.61. The molecule has 1 atom stereocenters. The van der Waals surface area contributed by atoms with Gasteiger partial charge in [0, 0.05) is 12.0 Å². The molecule has 1 aromatic carbocycles. The van der Waals surface area contributed by atoms with E-state index in [0.717, 1.165) is 0 Å². The van der Waals surface area contributed by atoms with Gasteiger partial charge in [-0.2, -0.15) is 13.7 Å². The van der Waals surface area contributed by atoms with Crippen LogP contribution in [-0.4, -0.2) is 42.4 Å². The van der Waals surface area contributed by atoms with Crippen LogP contribution in [0.15, 0.2) is 18.2 Å². The molecule has 3 rings (SSSR count). The molecule has 2 heterocycles. The van der Waals surface area contributed by atoms with E-state index in [1.54, 1.807) is 32.0 Å². The monoisotopic (exact) mass is 455 g/mol. The number of pyridine rings is 1. The van der Waals surface area contributed by atoms with E-state index >= 15 is 0 Å². The van der Waals surface area contributed by atoms with Crippen LogP contribution in [0.1, 0.15) is 38.6 Å². The highest BCUT2D eigenvalue weighted by molar-refractivity contribution is 7.39. The molecule has 31 heavy (non-hydrogen) atoms. The zero-order valence-corrected chi connectivity index (χ0v) is 18.5. The van der Waals surface area contributed by atoms with Crippen molar-refractivity contribution in [2.24, 2.45) is 0 Å². The topological polar surface area (TPSA) is 123 Å². The van der Waals surface area contributed by atoms with Crippen molar-refractivity contribution in [3.8, 4) is 0 Å². The van der Waals surface area contributed by atoms with Crippen LogP contribution >= 0.6 is 8.03 Å². The number of aromatic nitrogens is 3. The van der Waals surface area contributed by atoms with Crippen LogP contribution in [0.3, 0.4) is 0 Å². The van der Waals surface area contributed by atoms with E-state index < -0.39 is 25.7 Å². The first-order chi connectivity index (χ1) is 14.4. The second-order valence-corrected chi connectivity index (χ2v) is 9.25. The molecule has 4 N–H and O–H groups in total. The van der Waals surface area contributed by atoms with Gasteiger partial charge in [-0.1, -0.05) is 12.1 Å². The molecule has 3 aromatic rings. The summed E-state index contributed by atoms with van der Waals surface area (Å²) in [7, 11) is -3.59. The maximum absolute atomic E-state index is 13.5. The fourth-order valence-corrected chi connectivity index (χ4v) is 3.71. The van der Waals surface area contributed by atoms with Crippen molar-refractivity contribution in [1.82, 2.24) is 14.5 Å². The molecule has 0 bridgehead atoms. The van der Waals surface area contributed by atoms with Gasteiger partial charge in [0.1, 0.15) is 17.9 Å². The summed E-state index contributed by atoms with van der Waals surface area (Å²) < 4.78 is 45.2. The smallest absolute Gasteiger partial charge is 0.389 e. The van der Waals surface area contributed by atoms with E-state index in [9.17, 15) is 18.5 Å². The molecule has 0 aliphatic rings. The fourth-order valence-electron chi connectivity index (χ4n) is 3.41. The number of ether oxygens (including phenoxy) is 1.